The molecule has 1 aliphatic rings. The summed E-state index contributed by atoms with van der Waals surface area (Å²) in [4.78, 5) is 24.8. The molecule has 1 saturated heterocycles. The summed E-state index contributed by atoms with van der Waals surface area (Å²) in [5.41, 5.74) is 6.11. The third-order valence-corrected chi connectivity index (χ3v) is 6.25. The van der Waals surface area contributed by atoms with Gasteiger partial charge in [-0.25, -0.2) is 14.5 Å². The first-order chi connectivity index (χ1) is 15.5. The van der Waals surface area contributed by atoms with Gasteiger partial charge in [-0.3, -0.25) is 9.69 Å². The van der Waals surface area contributed by atoms with Gasteiger partial charge in [-0.15, -0.1) is 0 Å². The van der Waals surface area contributed by atoms with E-state index in [1.54, 1.807) is 11.0 Å². The highest BCUT2D eigenvalue weighted by Gasteiger charge is 2.21. The molecule has 7 nitrogen and oxygen atoms in total. The molecule has 1 aliphatic heterocycles. The highest BCUT2D eigenvalue weighted by atomic mass is 16.2. The summed E-state index contributed by atoms with van der Waals surface area (Å²) in [5, 5.41) is 4.12. The normalized spacial score (nSPS) is 14.3. The van der Waals surface area contributed by atoms with Crippen molar-refractivity contribution in [1.82, 2.24) is 24.6 Å². The Labute approximate surface area is 189 Å². The minimum Gasteiger partial charge on any atom is -0.340 e. The number of hydrogen-bond donors (Lipinski definition) is 0. The van der Waals surface area contributed by atoms with Crippen molar-refractivity contribution in [3.8, 4) is 5.69 Å². The lowest BCUT2D eigenvalue weighted by molar-refractivity contribution is -0.132. The molecule has 1 fully saturated rings. The van der Waals surface area contributed by atoms with E-state index in [2.05, 4.69) is 25.9 Å². The number of hydrogen-bond acceptors (Lipinski definition) is 4. The quantitative estimate of drug-likeness (QED) is 0.565. The van der Waals surface area contributed by atoms with Crippen LogP contribution in [0.4, 0.5) is 5.69 Å². The second kappa shape index (κ2) is 9.75. The zero-order valence-corrected chi connectivity index (χ0v) is 18.7. The standard InChI is InChI=1S/C25H28N6O/c1-19-4-7-22(20(2)25(19)26-3)10-11-29-12-14-30(15-13-29)24(32)16-21-5-8-23(9-6-21)31-18-27-17-28-31/h4-9,17-18H,10-16H2,1-2H3. The molecule has 2 aromatic carbocycles. The maximum atomic E-state index is 12.8. The lowest BCUT2D eigenvalue weighted by Gasteiger charge is -2.35. The van der Waals surface area contributed by atoms with Crippen molar-refractivity contribution in [2.24, 2.45) is 0 Å². The highest BCUT2D eigenvalue weighted by Crippen LogP contribution is 2.27. The van der Waals surface area contributed by atoms with E-state index >= 15 is 0 Å². The first-order valence-electron chi connectivity index (χ1n) is 11.0. The molecule has 1 amide bonds. The van der Waals surface area contributed by atoms with Gasteiger partial charge in [0.15, 0.2) is 5.69 Å². The molecule has 4 rings (SSSR count). The number of nitrogens with zero attached hydrogens (tertiary/aromatic N) is 6. The number of amides is 1. The Morgan fingerprint density at radius 1 is 1.06 bits per heavy atom. The molecule has 0 bridgehead atoms. The van der Waals surface area contributed by atoms with E-state index in [0.717, 1.165) is 67.2 Å². The highest BCUT2D eigenvalue weighted by molar-refractivity contribution is 5.79. The van der Waals surface area contributed by atoms with Crippen LogP contribution in [0, 0.1) is 20.4 Å². The van der Waals surface area contributed by atoms with E-state index < -0.39 is 0 Å². The third kappa shape index (κ3) is 4.87. The molecule has 0 aliphatic carbocycles. The minimum absolute atomic E-state index is 0.175. The molecule has 3 aromatic rings. The molecule has 0 atom stereocenters. The van der Waals surface area contributed by atoms with Crippen molar-refractivity contribution in [2.75, 3.05) is 32.7 Å². The fourth-order valence-corrected chi connectivity index (χ4v) is 4.21. The summed E-state index contributed by atoms with van der Waals surface area (Å²) in [6.07, 6.45) is 4.51. The Morgan fingerprint density at radius 2 is 1.81 bits per heavy atom. The van der Waals surface area contributed by atoms with E-state index in [-0.39, 0.29) is 5.91 Å². The van der Waals surface area contributed by atoms with Crippen LogP contribution in [0.3, 0.4) is 0 Å². The van der Waals surface area contributed by atoms with E-state index in [9.17, 15) is 4.79 Å². The van der Waals surface area contributed by atoms with Gasteiger partial charge < -0.3 is 4.90 Å². The van der Waals surface area contributed by atoms with Crippen LogP contribution in [0.15, 0.2) is 49.1 Å². The Kier molecular flexibility index (Phi) is 6.62. The maximum absolute atomic E-state index is 12.8. The number of aromatic nitrogens is 3. The lowest BCUT2D eigenvalue weighted by Crippen LogP contribution is -2.49. The smallest absolute Gasteiger partial charge is 0.227 e. The first-order valence-corrected chi connectivity index (χ1v) is 11.0. The molecule has 2 heterocycles. The molecule has 0 N–H and O–H groups in total. The second-order valence-electron chi connectivity index (χ2n) is 8.28. The summed E-state index contributed by atoms with van der Waals surface area (Å²) in [7, 11) is 0. The molecular weight excluding hydrogens is 400 g/mol. The fourth-order valence-electron chi connectivity index (χ4n) is 4.21. The fraction of sp³-hybridized carbons (Fsp3) is 0.360. The number of piperazine rings is 1. The summed E-state index contributed by atoms with van der Waals surface area (Å²) in [6, 6.07) is 12.1. The largest absolute Gasteiger partial charge is 0.340 e. The van der Waals surface area contributed by atoms with Crippen LogP contribution < -0.4 is 0 Å². The van der Waals surface area contributed by atoms with Gasteiger partial charge in [0.05, 0.1) is 18.7 Å². The van der Waals surface area contributed by atoms with Crippen LogP contribution in [0.1, 0.15) is 22.3 Å². The van der Waals surface area contributed by atoms with Crippen molar-refractivity contribution in [3.05, 3.63) is 82.7 Å². The minimum atomic E-state index is 0.175. The Bertz CT molecular complexity index is 1110. The second-order valence-corrected chi connectivity index (χ2v) is 8.28. The molecule has 0 spiro atoms. The lowest BCUT2D eigenvalue weighted by atomic mass is 10.00. The van der Waals surface area contributed by atoms with E-state index in [0.29, 0.717) is 6.42 Å². The Balaban J connectivity index is 1.26. The Hall–Kier alpha value is -3.50. The third-order valence-electron chi connectivity index (χ3n) is 6.25. The van der Waals surface area contributed by atoms with Gasteiger partial charge in [0.2, 0.25) is 5.91 Å². The van der Waals surface area contributed by atoms with Gasteiger partial charge in [-0.05, 0) is 49.1 Å². The van der Waals surface area contributed by atoms with Crippen molar-refractivity contribution in [1.29, 1.82) is 0 Å². The molecule has 1 aromatic heterocycles. The summed E-state index contributed by atoms with van der Waals surface area (Å²) in [6.45, 7) is 15.7. The van der Waals surface area contributed by atoms with Crippen LogP contribution in [0.5, 0.6) is 0 Å². The average molecular weight is 429 g/mol. The van der Waals surface area contributed by atoms with Crippen LogP contribution in [-0.4, -0.2) is 63.2 Å². The van der Waals surface area contributed by atoms with Gasteiger partial charge in [-0.1, -0.05) is 29.8 Å². The molecule has 32 heavy (non-hydrogen) atoms. The Morgan fingerprint density at radius 3 is 2.47 bits per heavy atom. The SMILES string of the molecule is [C-]#[N+]c1c(C)ccc(CCN2CCN(C(=O)Cc3ccc(-n4cncn4)cc3)CC2)c1C. The number of carbonyl (C=O) groups is 1. The maximum Gasteiger partial charge on any atom is 0.227 e. The average Bonchev–Trinajstić information content (AvgIpc) is 3.35. The zero-order valence-electron chi connectivity index (χ0n) is 18.7. The van der Waals surface area contributed by atoms with E-state index in [1.807, 2.05) is 49.1 Å². The van der Waals surface area contributed by atoms with Gasteiger partial charge in [0.1, 0.15) is 12.7 Å². The summed E-state index contributed by atoms with van der Waals surface area (Å²) >= 11 is 0. The van der Waals surface area contributed by atoms with E-state index in [1.165, 1.54) is 11.9 Å². The van der Waals surface area contributed by atoms with Crippen molar-refractivity contribution < 1.29 is 4.79 Å². The van der Waals surface area contributed by atoms with Gasteiger partial charge in [0.25, 0.3) is 0 Å². The van der Waals surface area contributed by atoms with Crippen LogP contribution >= 0.6 is 0 Å². The van der Waals surface area contributed by atoms with Gasteiger partial charge >= 0.3 is 0 Å². The summed E-state index contributed by atoms with van der Waals surface area (Å²) < 4.78 is 1.70. The molecule has 164 valence electrons. The number of rotatable bonds is 6. The molecular formula is C25H28N6O. The molecule has 7 heteroatoms. The summed E-state index contributed by atoms with van der Waals surface area (Å²) in [5.74, 6) is 0.175. The first kappa shape index (κ1) is 21.7. The number of aryl methyl sites for hydroxylation is 1. The van der Waals surface area contributed by atoms with Crippen LogP contribution in [-0.2, 0) is 17.6 Å². The van der Waals surface area contributed by atoms with Crippen molar-refractivity contribution >= 4 is 11.6 Å². The predicted octanol–water partition coefficient (Wildman–Crippen LogP) is 3.36. The zero-order chi connectivity index (χ0) is 22.5. The van der Waals surface area contributed by atoms with Gasteiger partial charge in [0, 0.05) is 32.7 Å². The molecule has 0 unspecified atom stereocenters. The van der Waals surface area contributed by atoms with Crippen molar-refractivity contribution in [3.63, 3.8) is 0 Å². The van der Waals surface area contributed by atoms with Gasteiger partial charge in [-0.2, -0.15) is 5.10 Å². The predicted molar refractivity (Wildman–Crippen MR) is 124 cm³/mol. The van der Waals surface area contributed by atoms with Crippen LogP contribution in [0.2, 0.25) is 0 Å². The van der Waals surface area contributed by atoms with Crippen LogP contribution in [0.25, 0.3) is 10.5 Å². The number of carbonyl (C=O) groups excluding carboxylic acids is 1. The monoisotopic (exact) mass is 428 g/mol. The van der Waals surface area contributed by atoms with E-state index in [4.69, 9.17) is 6.57 Å². The molecule has 0 saturated carbocycles. The topological polar surface area (TPSA) is 58.6 Å². The van der Waals surface area contributed by atoms with Crippen molar-refractivity contribution in [2.45, 2.75) is 26.7 Å². The molecule has 0 radical (unpaired) electrons. The number of benzene rings is 2.